The average Bonchev–Trinajstić information content (AvgIpc) is 3.11. The maximum absolute atomic E-state index is 12.7. The van der Waals surface area contributed by atoms with E-state index >= 15 is 0 Å². The molecule has 0 aliphatic rings. The molecule has 2 aromatic carbocycles. The number of carbonyl (C=O) groups is 1. The van der Waals surface area contributed by atoms with Crippen molar-refractivity contribution >= 4 is 17.5 Å². The molecule has 0 radical (unpaired) electrons. The summed E-state index contributed by atoms with van der Waals surface area (Å²) in [5, 5.41) is 8.18. The molecule has 0 N–H and O–H groups in total. The summed E-state index contributed by atoms with van der Waals surface area (Å²) >= 11 is 1.27. The normalized spacial score (nSPS) is 12.0. The Morgan fingerprint density at radius 3 is 2.54 bits per heavy atom. The fourth-order valence-electron chi connectivity index (χ4n) is 2.53. The van der Waals surface area contributed by atoms with Crippen molar-refractivity contribution in [1.29, 1.82) is 0 Å². The summed E-state index contributed by atoms with van der Waals surface area (Å²) in [4.78, 5) is 12.7. The molecule has 1 aromatic heterocycles. The summed E-state index contributed by atoms with van der Waals surface area (Å²) in [5.41, 5.74) is 3.58. The molecule has 0 saturated carbocycles. The van der Waals surface area contributed by atoms with Crippen LogP contribution in [0, 0.1) is 13.8 Å². The highest BCUT2D eigenvalue weighted by molar-refractivity contribution is 8.00. The van der Waals surface area contributed by atoms with E-state index in [9.17, 15) is 4.79 Å². The van der Waals surface area contributed by atoms with Crippen LogP contribution >= 0.6 is 11.8 Å². The lowest BCUT2D eigenvalue weighted by molar-refractivity contribution is 0.0993. The van der Waals surface area contributed by atoms with Crippen molar-refractivity contribution in [2.24, 2.45) is 0 Å². The molecule has 0 aliphatic carbocycles. The van der Waals surface area contributed by atoms with Gasteiger partial charge in [-0.25, -0.2) is 0 Å². The van der Waals surface area contributed by atoms with Gasteiger partial charge >= 0.3 is 0 Å². The van der Waals surface area contributed by atoms with Crippen LogP contribution in [0.5, 0.6) is 5.75 Å². The highest BCUT2D eigenvalue weighted by Crippen LogP contribution is 2.29. The average molecular weight is 368 g/mol. The number of hydrogen-bond acceptors (Lipinski definition) is 6. The SMILES string of the molecule is COc1ccc(-c2nnc(SC(C)C(=O)c3cc(C)ccc3C)o2)cc1. The van der Waals surface area contributed by atoms with E-state index in [1.54, 1.807) is 7.11 Å². The summed E-state index contributed by atoms with van der Waals surface area (Å²) < 4.78 is 10.8. The van der Waals surface area contributed by atoms with Crippen molar-refractivity contribution in [1.82, 2.24) is 10.2 Å². The Labute approximate surface area is 156 Å². The number of aromatic nitrogens is 2. The molecule has 1 atom stereocenters. The predicted octanol–water partition coefficient (Wildman–Crippen LogP) is 4.73. The Bertz CT molecular complexity index is 919. The minimum absolute atomic E-state index is 0.0559. The maximum atomic E-state index is 12.7. The number of ether oxygens (including phenoxy) is 1. The zero-order chi connectivity index (χ0) is 18.7. The largest absolute Gasteiger partial charge is 0.497 e. The molecule has 26 heavy (non-hydrogen) atoms. The van der Waals surface area contributed by atoms with Crippen LogP contribution < -0.4 is 4.74 Å². The molecule has 0 aliphatic heterocycles. The smallest absolute Gasteiger partial charge is 0.277 e. The van der Waals surface area contributed by atoms with E-state index in [2.05, 4.69) is 10.2 Å². The molecular formula is C20H20N2O3S. The minimum Gasteiger partial charge on any atom is -0.497 e. The lowest BCUT2D eigenvalue weighted by Gasteiger charge is -2.10. The Morgan fingerprint density at radius 1 is 1.12 bits per heavy atom. The van der Waals surface area contributed by atoms with Crippen molar-refractivity contribution in [3.63, 3.8) is 0 Å². The first-order chi connectivity index (χ1) is 12.5. The number of methoxy groups -OCH3 is 1. The highest BCUT2D eigenvalue weighted by Gasteiger charge is 2.21. The van der Waals surface area contributed by atoms with Crippen LogP contribution in [0.3, 0.4) is 0 Å². The van der Waals surface area contributed by atoms with Gasteiger partial charge < -0.3 is 9.15 Å². The fourth-order valence-corrected chi connectivity index (χ4v) is 3.28. The van der Waals surface area contributed by atoms with Gasteiger partial charge in [0.15, 0.2) is 5.78 Å². The molecule has 0 bridgehead atoms. The third-order valence-electron chi connectivity index (χ3n) is 4.05. The summed E-state index contributed by atoms with van der Waals surface area (Å²) in [6, 6.07) is 13.3. The molecule has 0 fully saturated rings. The Balaban J connectivity index is 1.73. The second-order valence-electron chi connectivity index (χ2n) is 6.04. The van der Waals surface area contributed by atoms with Gasteiger partial charge in [-0.3, -0.25) is 4.79 Å². The van der Waals surface area contributed by atoms with Crippen LogP contribution in [0.25, 0.3) is 11.5 Å². The third-order valence-corrected chi connectivity index (χ3v) is 4.98. The van der Waals surface area contributed by atoms with Gasteiger partial charge in [0.05, 0.1) is 12.4 Å². The molecule has 1 unspecified atom stereocenters. The van der Waals surface area contributed by atoms with E-state index in [4.69, 9.17) is 9.15 Å². The summed E-state index contributed by atoms with van der Waals surface area (Å²) in [7, 11) is 1.62. The number of carbonyl (C=O) groups excluding carboxylic acids is 1. The predicted molar refractivity (Wildman–Crippen MR) is 102 cm³/mol. The standard InChI is InChI=1S/C20H20N2O3S/c1-12-5-6-13(2)17(11-12)18(23)14(3)26-20-22-21-19(25-20)15-7-9-16(24-4)10-8-15/h5-11,14H,1-4H3. The van der Waals surface area contributed by atoms with E-state index in [0.29, 0.717) is 11.1 Å². The monoisotopic (exact) mass is 368 g/mol. The number of Topliss-reactive ketones (excluding diaryl/α,β-unsaturated/α-hetero) is 1. The van der Waals surface area contributed by atoms with E-state index < -0.39 is 0 Å². The molecule has 134 valence electrons. The molecule has 0 amide bonds. The lowest BCUT2D eigenvalue weighted by Crippen LogP contribution is -2.15. The molecular weight excluding hydrogens is 348 g/mol. The van der Waals surface area contributed by atoms with Crippen molar-refractivity contribution in [3.8, 4) is 17.2 Å². The summed E-state index contributed by atoms with van der Waals surface area (Å²) in [6.07, 6.45) is 0. The van der Waals surface area contributed by atoms with Gasteiger partial charge in [0.25, 0.3) is 5.22 Å². The van der Waals surface area contributed by atoms with Crippen LogP contribution in [0.2, 0.25) is 0 Å². The van der Waals surface area contributed by atoms with Crippen LogP contribution in [-0.2, 0) is 0 Å². The molecule has 5 nitrogen and oxygen atoms in total. The number of benzene rings is 2. The van der Waals surface area contributed by atoms with Gasteiger partial charge in [-0.2, -0.15) is 0 Å². The number of hydrogen-bond donors (Lipinski definition) is 0. The second kappa shape index (κ2) is 7.74. The zero-order valence-electron chi connectivity index (χ0n) is 15.1. The van der Waals surface area contributed by atoms with Crippen molar-refractivity contribution in [2.45, 2.75) is 31.2 Å². The zero-order valence-corrected chi connectivity index (χ0v) is 16.0. The third kappa shape index (κ3) is 3.96. The quantitative estimate of drug-likeness (QED) is 0.463. The van der Waals surface area contributed by atoms with Crippen molar-refractivity contribution in [3.05, 3.63) is 59.2 Å². The van der Waals surface area contributed by atoms with Gasteiger partial charge in [0.1, 0.15) is 5.75 Å². The molecule has 6 heteroatoms. The molecule has 1 heterocycles. The molecule has 0 spiro atoms. The van der Waals surface area contributed by atoms with Crippen LogP contribution in [0.4, 0.5) is 0 Å². The minimum atomic E-state index is -0.320. The Morgan fingerprint density at radius 2 is 1.85 bits per heavy atom. The Kier molecular flexibility index (Phi) is 5.42. The van der Waals surface area contributed by atoms with Crippen molar-refractivity contribution < 1.29 is 13.9 Å². The number of aryl methyl sites for hydroxylation is 2. The van der Waals surface area contributed by atoms with Crippen LogP contribution in [0.1, 0.15) is 28.4 Å². The Hall–Kier alpha value is -2.60. The first kappa shape index (κ1) is 18.2. The lowest BCUT2D eigenvalue weighted by atomic mass is 10.0. The van der Waals surface area contributed by atoms with E-state index in [-0.39, 0.29) is 11.0 Å². The summed E-state index contributed by atoms with van der Waals surface area (Å²) in [5.74, 6) is 1.23. The molecule has 3 aromatic rings. The van der Waals surface area contributed by atoms with E-state index in [0.717, 1.165) is 28.0 Å². The number of thioether (sulfide) groups is 1. The van der Waals surface area contributed by atoms with Crippen LogP contribution in [0.15, 0.2) is 52.1 Å². The van der Waals surface area contributed by atoms with E-state index in [1.165, 1.54) is 11.8 Å². The summed E-state index contributed by atoms with van der Waals surface area (Å²) in [6.45, 7) is 5.78. The van der Waals surface area contributed by atoms with Gasteiger partial charge in [-0.05, 0) is 56.7 Å². The molecule has 0 saturated heterocycles. The first-order valence-corrected chi connectivity index (χ1v) is 9.12. The van der Waals surface area contributed by atoms with Gasteiger partial charge in [-0.15, -0.1) is 10.2 Å². The van der Waals surface area contributed by atoms with Gasteiger partial charge in [-0.1, -0.05) is 29.5 Å². The van der Waals surface area contributed by atoms with E-state index in [1.807, 2.05) is 63.2 Å². The number of rotatable bonds is 6. The number of nitrogens with zero attached hydrogens (tertiary/aromatic N) is 2. The van der Waals surface area contributed by atoms with Crippen LogP contribution in [-0.4, -0.2) is 28.3 Å². The maximum Gasteiger partial charge on any atom is 0.277 e. The molecule has 3 rings (SSSR count). The first-order valence-electron chi connectivity index (χ1n) is 8.24. The van der Waals surface area contributed by atoms with Gasteiger partial charge in [0.2, 0.25) is 5.89 Å². The fraction of sp³-hybridized carbons (Fsp3) is 0.250. The second-order valence-corrected chi connectivity index (χ2v) is 7.34. The van der Waals surface area contributed by atoms with Gasteiger partial charge in [0, 0.05) is 11.1 Å². The van der Waals surface area contributed by atoms with Crippen molar-refractivity contribution in [2.75, 3.05) is 7.11 Å². The number of ketones is 1. The highest BCUT2D eigenvalue weighted by atomic mass is 32.2. The topological polar surface area (TPSA) is 65.2 Å².